The summed E-state index contributed by atoms with van der Waals surface area (Å²) in [4.78, 5) is 0. The average molecular weight is 249 g/mol. The molecule has 0 spiro atoms. The largest absolute Gasteiger partial charge is 0.506 e. The molecule has 0 fully saturated rings. The average Bonchev–Trinajstić information content (AvgIpc) is 2.23. The molecule has 0 unspecified atom stereocenters. The molecule has 0 atom stereocenters. The Hall–Kier alpha value is -1.28. The maximum absolute atomic E-state index is 9.80. The van der Waals surface area contributed by atoms with Crippen molar-refractivity contribution in [2.24, 2.45) is 0 Å². The number of aromatic hydroxyl groups is 1. The zero-order valence-electron chi connectivity index (χ0n) is 7.44. The number of halogens is 1. The molecule has 0 amide bonds. The number of phenols is 1. The summed E-state index contributed by atoms with van der Waals surface area (Å²) in [6.45, 7) is 0. The minimum absolute atomic E-state index is 0.290. The van der Waals surface area contributed by atoms with Gasteiger partial charge in [-0.15, -0.1) is 0 Å². The van der Waals surface area contributed by atoms with Gasteiger partial charge in [-0.1, -0.05) is 42.5 Å². The predicted octanol–water partition coefficient (Wildman–Crippen LogP) is 3.82. The first-order valence-electron chi connectivity index (χ1n) is 4.32. The SMILES string of the molecule is Oc1c(Br)cccc1-c1ccccc1. The number of hydrogen-bond donors (Lipinski definition) is 1. The first kappa shape index (κ1) is 9.28. The van der Waals surface area contributed by atoms with Gasteiger partial charge in [0.2, 0.25) is 0 Å². The molecule has 0 saturated carbocycles. The Morgan fingerprint density at radius 2 is 1.57 bits per heavy atom. The summed E-state index contributed by atoms with van der Waals surface area (Å²) in [7, 11) is 0. The fourth-order valence-corrected chi connectivity index (χ4v) is 1.73. The lowest BCUT2D eigenvalue weighted by molar-refractivity contribution is 0.474. The Morgan fingerprint density at radius 3 is 2.29 bits per heavy atom. The van der Waals surface area contributed by atoms with Gasteiger partial charge in [-0.2, -0.15) is 0 Å². The fraction of sp³-hybridized carbons (Fsp3) is 0. The smallest absolute Gasteiger partial charge is 0.137 e. The van der Waals surface area contributed by atoms with E-state index in [1.807, 2.05) is 48.5 Å². The second-order valence-electron chi connectivity index (χ2n) is 3.00. The van der Waals surface area contributed by atoms with Crippen LogP contribution in [-0.2, 0) is 0 Å². The van der Waals surface area contributed by atoms with Crippen LogP contribution < -0.4 is 0 Å². The van der Waals surface area contributed by atoms with Gasteiger partial charge in [0.25, 0.3) is 0 Å². The first-order valence-corrected chi connectivity index (χ1v) is 5.11. The van der Waals surface area contributed by atoms with Crippen LogP contribution in [0, 0.1) is 0 Å². The van der Waals surface area contributed by atoms with Gasteiger partial charge in [-0.05, 0) is 27.6 Å². The van der Waals surface area contributed by atoms with E-state index in [1.54, 1.807) is 0 Å². The second kappa shape index (κ2) is 3.84. The van der Waals surface area contributed by atoms with E-state index in [0.29, 0.717) is 5.75 Å². The summed E-state index contributed by atoms with van der Waals surface area (Å²) in [6.07, 6.45) is 0. The van der Waals surface area contributed by atoms with Crippen LogP contribution in [0.2, 0.25) is 0 Å². The van der Waals surface area contributed by atoms with Crippen molar-refractivity contribution in [3.05, 3.63) is 53.0 Å². The van der Waals surface area contributed by atoms with Crippen LogP contribution in [0.15, 0.2) is 53.0 Å². The van der Waals surface area contributed by atoms with Gasteiger partial charge in [0.05, 0.1) is 4.47 Å². The van der Waals surface area contributed by atoms with E-state index >= 15 is 0 Å². The van der Waals surface area contributed by atoms with E-state index in [0.717, 1.165) is 15.6 Å². The minimum atomic E-state index is 0.290. The summed E-state index contributed by atoms with van der Waals surface area (Å²) >= 11 is 3.29. The predicted molar refractivity (Wildman–Crippen MR) is 61.2 cm³/mol. The molecule has 14 heavy (non-hydrogen) atoms. The molecule has 2 aromatic rings. The first-order chi connectivity index (χ1) is 6.79. The van der Waals surface area contributed by atoms with Crippen molar-refractivity contribution >= 4 is 15.9 Å². The number of rotatable bonds is 1. The van der Waals surface area contributed by atoms with Crippen molar-refractivity contribution in [2.75, 3.05) is 0 Å². The molecule has 1 N–H and O–H groups in total. The van der Waals surface area contributed by atoms with Crippen LogP contribution in [0.1, 0.15) is 0 Å². The number of para-hydroxylation sites is 1. The molecule has 70 valence electrons. The van der Waals surface area contributed by atoms with Crippen molar-refractivity contribution in [3.63, 3.8) is 0 Å². The normalized spacial score (nSPS) is 10.1. The highest BCUT2D eigenvalue weighted by molar-refractivity contribution is 9.10. The van der Waals surface area contributed by atoms with Gasteiger partial charge in [-0.25, -0.2) is 0 Å². The molecule has 2 rings (SSSR count). The van der Waals surface area contributed by atoms with Crippen LogP contribution in [0.4, 0.5) is 0 Å². The molecule has 0 bridgehead atoms. The lowest BCUT2D eigenvalue weighted by Gasteiger charge is -2.05. The molecule has 0 aliphatic heterocycles. The number of benzene rings is 2. The van der Waals surface area contributed by atoms with Crippen LogP contribution >= 0.6 is 15.9 Å². The van der Waals surface area contributed by atoms with E-state index in [4.69, 9.17) is 0 Å². The summed E-state index contributed by atoms with van der Waals surface area (Å²) in [5.41, 5.74) is 1.87. The second-order valence-corrected chi connectivity index (χ2v) is 3.86. The zero-order chi connectivity index (χ0) is 9.97. The van der Waals surface area contributed by atoms with Crippen LogP contribution in [-0.4, -0.2) is 5.11 Å². The molecule has 0 saturated heterocycles. The van der Waals surface area contributed by atoms with Gasteiger partial charge in [0, 0.05) is 5.56 Å². The maximum atomic E-state index is 9.80. The Balaban J connectivity index is 2.58. The standard InChI is InChI=1S/C12H9BrO/c13-11-8-4-7-10(12(11)14)9-5-2-1-3-6-9/h1-8,14H. The number of hydrogen-bond acceptors (Lipinski definition) is 1. The van der Waals surface area contributed by atoms with Crippen molar-refractivity contribution in [1.29, 1.82) is 0 Å². The van der Waals surface area contributed by atoms with E-state index in [2.05, 4.69) is 15.9 Å². The molecule has 0 aromatic heterocycles. The molecular weight excluding hydrogens is 240 g/mol. The van der Waals surface area contributed by atoms with Crippen molar-refractivity contribution in [2.45, 2.75) is 0 Å². The molecule has 2 aromatic carbocycles. The summed E-state index contributed by atoms with van der Waals surface area (Å²) in [5.74, 6) is 0.290. The maximum Gasteiger partial charge on any atom is 0.137 e. The van der Waals surface area contributed by atoms with Crippen molar-refractivity contribution in [3.8, 4) is 16.9 Å². The Morgan fingerprint density at radius 1 is 0.857 bits per heavy atom. The van der Waals surface area contributed by atoms with Crippen molar-refractivity contribution in [1.82, 2.24) is 0 Å². The summed E-state index contributed by atoms with van der Waals surface area (Å²) in [6, 6.07) is 15.4. The highest BCUT2D eigenvalue weighted by Gasteiger charge is 2.05. The van der Waals surface area contributed by atoms with E-state index in [-0.39, 0.29) is 0 Å². The molecule has 2 heteroatoms. The fourth-order valence-electron chi connectivity index (χ4n) is 1.37. The third-order valence-electron chi connectivity index (χ3n) is 2.07. The molecular formula is C12H9BrO. The molecule has 1 nitrogen and oxygen atoms in total. The topological polar surface area (TPSA) is 20.2 Å². The van der Waals surface area contributed by atoms with E-state index in [9.17, 15) is 5.11 Å². The van der Waals surface area contributed by atoms with Crippen LogP contribution in [0.25, 0.3) is 11.1 Å². The van der Waals surface area contributed by atoms with E-state index in [1.165, 1.54) is 0 Å². The Labute approximate surface area is 91.2 Å². The lowest BCUT2D eigenvalue weighted by Crippen LogP contribution is -1.78. The molecule has 0 aliphatic carbocycles. The van der Waals surface area contributed by atoms with Gasteiger partial charge in [-0.3, -0.25) is 0 Å². The molecule has 0 aliphatic rings. The van der Waals surface area contributed by atoms with Crippen LogP contribution in [0.3, 0.4) is 0 Å². The Bertz CT molecular complexity index is 437. The Kier molecular flexibility index (Phi) is 2.55. The highest BCUT2D eigenvalue weighted by atomic mass is 79.9. The minimum Gasteiger partial charge on any atom is -0.506 e. The van der Waals surface area contributed by atoms with Crippen LogP contribution in [0.5, 0.6) is 5.75 Å². The third kappa shape index (κ3) is 1.66. The molecule has 0 heterocycles. The van der Waals surface area contributed by atoms with Crippen molar-refractivity contribution < 1.29 is 5.11 Å². The summed E-state index contributed by atoms with van der Waals surface area (Å²) < 4.78 is 0.721. The number of phenolic OH excluding ortho intramolecular Hbond substituents is 1. The van der Waals surface area contributed by atoms with Gasteiger partial charge in [0.15, 0.2) is 0 Å². The lowest BCUT2D eigenvalue weighted by atomic mass is 10.1. The van der Waals surface area contributed by atoms with Gasteiger partial charge < -0.3 is 5.11 Å². The monoisotopic (exact) mass is 248 g/mol. The summed E-state index contributed by atoms with van der Waals surface area (Å²) in [5, 5.41) is 9.80. The molecule has 0 radical (unpaired) electrons. The van der Waals surface area contributed by atoms with Gasteiger partial charge in [0.1, 0.15) is 5.75 Å². The van der Waals surface area contributed by atoms with E-state index < -0.39 is 0 Å². The highest BCUT2D eigenvalue weighted by Crippen LogP contribution is 2.34. The third-order valence-corrected chi connectivity index (χ3v) is 2.71. The quantitative estimate of drug-likeness (QED) is 0.814. The van der Waals surface area contributed by atoms with Gasteiger partial charge >= 0.3 is 0 Å². The zero-order valence-corrected chi connectivity index (χ0v) is 9.03.